The van der Waals surface area contributed by atoms with Crippen LogP contribution < -0.4 is 10.1 Å². The number of hydrogen-bond acceptors (Lipinski definition) is 5. The molecule has 9 rings (SSSR count). The van der Waals surface area contributed by atoms with Crippen molar-refractivity contribution in [1.29, 1.82) is 0 Å². The summed E-state index contributed by atoms with van der Waals surface area (Å²) in [4.78, 5) is 30.4. The minimum atomic E-state index is -4.83. The Hall–Kier alpha value is -4.41. The third-order valence-corrected chi connectivity index (χ3v) is 14.3. The van der Waals surface area contributed by atoms with Gasteiger partial charge in [0.25, 0.3) is 0 Å². The quantitative estimate of drug-likeness (QED) is 0.158. The van der Waals surface area contributed by atoms with Gasteiger partial charge >= 0.3 is 12.4 Å². The Kier molecular flexibility index (Phi) is 8.69. The molecule has 3 saturated carbocycles. The Morgan fingerprint density at radius 1 is 0.852 bits per heavy atom. The fraction of sp³-hybridized carbons (Fsp3) is 0.455. The molecule has 2 amide bonds. The number of anilines is 1. The molecular formula is C44H47F3N2O5. The van der Waals surface area contributed by atoms with E-state index >= 15 is 0 Å². The third kappa shape index (κ3) is 5.70. The fourth-order valence-electron chi connectivity index (χ4n) is 11.6. The Labute approximate surface area is 313 Å². The van der Waals surface area contributed by atoms with Crippen molar-refractivity contribution >= 4 is 17.5 Å². The van der Waals surface area contributed by atoms with E-state index in [2.05, 4.69) is 42.1 Å². The molecular weight excluding hydrogens is 693 g/mol. The summed E-state index contributed by atoms with van der Waals surface area (Å²) < 4.78 is 42.7. The second-order valence-corrected chi connectivity index (χ2v) is 16.8. The molecule has 1 unspecified atom stereocenters. The van der Waals surface area contributed by atoms with Crippen LogP contribution in [0.4, 0.5) is 23.7 Å². The lowest BCUT2D eigenvalue weighted by Crippen LogP contribution is -2.67. The lowest BCUT2D eigenvalue weighted by molar-refractivity contribution is -0.274. The van der Waals surface area contributed by atoms with Crippen LogP contribution in [0.2, 0.25) is 0 Å². The van der Waals surface area contributed by atoms with Gasteiger partial charge in [0.05, 0.1) is 18.2 Å². The van der Waals surface area contributed by atoms with Gasteiger partial charge in [-0.2, -0.15) is 0 Å². The molecule has 0 heterocycles. The zero-order valence-electron chi connectivity index (χ0n) is 30.6. The molecule has 7 nitrogen and oxygen atoms in total. The van der Waals surface area contributed by atoms with Crippen LogP contribution >= 0.6 is 0 Å². The predicted octanol–water partition coefficient (Wildman–Crippen LogP) is 9.09. The van der Waals surface area contributed by atoms with E-state index in [9.17, 15) is 33.0 Å². The number of amides is 2. The molecule has 0 radical (unpaired) electrons. The van der Waals surface area contributed by atoms with Crippen LogP contribution in [0.15, 0.2) is 109 Å². The largest absolute Gasteiger partial charge is 0.573 e. The number of fused-ring (bicyclic) bond motifs is 1. The summed E-state index contributed by atoms with van der Waals surface area (Å²) in [6.07, 6.45) is 6.04. The summed E-state index contributed by atoms with van der Waals surface area (Å²) in [5, 5.41) is 27.0. The summed E-state index contributed by atoms with van der Waals surface area (Å²) in [5.74, 6) is -0.387. The van der Waals surface area contributed by atoms with E-state index < -0.39 is 40.3 Å². The molecule has 284 valence electrons. The summed E-state index contributed by atoms with van der Waals surface area (Å²) in [6, 6.07) is 23.3. The number of ketones is 1. The van der Waals surface area contributed by atoms with Crippen molar-refractivity contribution in [3.63, 3.8) is 0 Å². The van der Waals surface area contributed by atoms with Crippen molar-refractivity contribution in [3.8, 4) is 5.75 Å². The van der Waals surface area contributed by atoms with Gasteiger partial charge in [0.15, 0.2) is 5.78 Å². The Balaban J connectivity index is 1.16. The number of alkyl halides is 3. The minimum Gasteiger partial charge on any atom is -0.406 e. The van der Waals surface area contributed by atoms with Gasteiger partial charge in [0, 0.05) is 39.6 Å². The zero-order valence-corrected chi connectivity index (χ0v) is 30.6. The molecule has 6 aliphatic rings. The van der Waals surface area contributed by atoms with Crippen molar-refractivity contribution in [3.05, 3.63) is 120 Å². The maximum absolute atomic E-state index is 14.7. The van der Waals surface area contributed by atoms with Crippen LogP contribution in [0, 0.1) is 33.5 Å². The van der Waals surface area contributed by atoms with Crippen LogP contribution in [-0.4, -0.2) is 51.5 Å². The van der Waals surface area contributed by atoms with E-state index in [1.165, 1.54) is 24.3 Å². The smallest absolute Gasteiger partial charge is 0.406 e. The first-order chi connectivity index (χ1) is 25.6. The maximum atomic E-state index is 14.7. The normalized spacial score (nSPS) is 34.9. The number of para-hydroxylation sites is 1. The van der Waals surface area contributed by atoms with Crippen molar-refractivity contribution in [2.75, 3.05) is 11.9 Å². The summed E-state index contributed by atoms with van der Waals surface area (Å²) in [7, 11) is 0. The number of halogens is 3. The molecule has 6 aliphatic carbocycles. The number of aliphatic hydroxyl groups is 2. The first kappa shape index (κ1) is 36.6. The van der Waals surface area contributed by atoms with Crippen LogP contribution in [0.1, 0.15) is 74.7 Å². The number of Topliss-reactive ketones (excluding diaryl/α,β-unsaturated/α-hetero) is 1. The lowest BCUT2D eigenvalue weighted by atomic mass is 9.32. The maximum Gasteiger partial charge on any atom is 0.573 e. The number of nitrogens with zero attached hydrogens (tertiary/aromatic N) is 1. The number of carbonyl (C=O) groups excluding carboxylic acids is 2. The number of rotatable bonds is 8. The van der Waals surface area contributed by atoms with Crippen molar-refractivity contribution in [2.24, 2.45) is 33.5 Å². The highest BCUT2D eigenvalue weighted by molar-refractivity contribution is 6.10. The molecule has 3 aromatic rings. The van der Waals surface area contributed by atoms with E-state index in [1.54, 1.807) is 29.2 Å². The first-order valence-corrected chi connectivity index (χ1v) is 19.0. The predicted molar refractivity (Wildman–Crippen MR) is 198 cm³/mol. The molecule has 0 aromatic heterocycles. The first-order valence-electron chi connectivity index (χ1n) is 19.0. The van der Waals surface area contributed by atoms with E-state index in [4.69, 9.17) is 0 Å². The van der Waals surface area contributed by atoms with E-state index in [-0.39, 0.29) is 41.9 Å². The number of aliphatic hydroxyl groups excluding tert-OH is 1. The van der Waals surface area contributed by atoms with Gasteiger partial charge in [-0.1, -0.05) is 92.7 Å². The van der Waals surface area contributed by atoms with E-state index in [1.807, 2.05) is 36.4 Å². The van der Waals surface area contributed by atoms with Gasteiger partial charge in [-0.25, -0.2) is 4.79 Å². The summed E-state index contributed by atoms with van der Waals surface area (Å²) >= 11 is 0. The molecule has 8 atom stereocenters. The van der Waals surface area contributed by atoms with Crippen molar-refractivity contribution in [1.82, 2.24) is 4.90 Å². The fourth-order valence-corrected chi connectivity index (χ4v) is 11.6. The van der Waals surface area contributed by atoms with Crippen LogP contribution in [0.25, 0.3) is 0 Å². The van der Waals surface area contributed by atoms with Crippen LogP contribution in [0.3, 0.4) is 0 Å². The molecule has 3 fully saturated rings. The average Bonchev–Trinajstić information content (AvgIpc) is 3.41. The SMILES string of the molecule is C[C@]12CC[C@H]3[C@]4(C=C[C@@]5(C=C4C(=O)c4ccccc4)CC(O)CC[C@]35C)[C@@H]1CC[C@@]2(O)CN(Cc1ccc(OC(F)(F)F)cc1)C(=O)Nc1ccccc1. The lowest BCUT2D eigenvalue weighted by Gasteiger charge is -2.71. The minimum absolute atomic E-state index is 0.0204. The summed E-state index contributed by atoms with van der Waals surface area (Å²) in [5.41, 5.74) is -0.842. The van der Waals surface area contributed by atoms with E-state index in [0.29, 0.717) is 48.9 Å². The van der Waals surface area contributed by atoms with Crippen LogP contribution in [0.5, 0.6) is 5.75 Å². The molecule has 3 aromatic carbocycles. The van der Waals surface area contributed by atoms with E-state index in [0.717, 1.165) is 18.4 Å². The molecule has 3 N–H and O–H groups in total. The molecule has 54 heavy (non-hydrogen) atoms. The monoisotopic (exact) mass is 740 g/mol. The molecule has 0 saturated heterocycles. The third-order valence-electron chi connectivity index (χ3n) is 14.3. The van der Waals surface area contributed by atoms with Gasteiger partial charge in [-0.3, -0.25) is 4.79 Å². The molecule has 2 spiro atoms. The second kappa shape index (κ2) is 12.8. The van der Waals surface area contributed by atoms with Crippen molar-refractivity contribution in [2.45, 2.75) is 83.4 Å². The van der Waals surface area contributed by atoms with Gasteiger partial charge in [-0.05, 0) is 92.0 Å². The Bertz CT molecular complexity index is 1990. The van der Waals surface area contributed by atoms with Gasteiger partial charge in [0.2, 0.25) is 0 Å². The van der Waals surface area contributed by atoms with Crippen LogP contribution in [-0.2, 0) is 6.54 Å². The topological polar surface area (TPSA) is 99.1 Å². The number of ether oxygens (including phenoxy) is 1. The Morgan fingerprint density at radius 3 is 2.17 bits per heavy atom. The number of benzene rings is 3. The molecule has 2 bridgehead atoms. The molecule has 10 heteroatoms. The van der Waals surface area contributed by atoms with Crippen molar-refractivity contribution < 1.29 is 37.7 Å². The Morgan fingerprint density at radius 2 is 1.48 bits per heavy atom. The van der Waals surface area contributed by atoms with Gasteiger partial charge in [0.1, 0.15) is 5.75 Å². The highest BCUT2D eigenvalue weighted by Gasteiger charge is 2.74. The molecule has 0 aliphatic heterocycles. The highest BCUT2D eigenvalue weighted by Crippen LogP contribution is 2.78. The second-order valence-electron chi connectivity index (χ2n) is 16.8. The number of urea groups is 1. The highest BCUT2D eigenvalue weighted by atomic mass is 19.4. The number of nitrogens with one attached hydrogen (secondary N) is 1. The number of allylic oxidation sites excluding steroid dienone is 4. The average molecular weight is 741 g/mol. The summed E-state index contributed by atoms with van der Waals surface area (Å²) in [6.45, 7) is 4.46. The van der Waals surface area contributed by atoms with Gasteiger partial charge in [-0.15, -0.1) is 13.2 Å². The number of hydrogen-bond donors (Lipinski definition) is 3. The standard InChI is InChI=1S/C44H47F3N2O5/c1-39-20-17-32(50)25-41(39)23-24-43(34(26-41)37(51)30-9-5-3-6-10-30)35(39)18-21-40(2)36(43)19-22-42(40,53)28-49(38(52)48-31-11-7-4-8-12-31)27-29-13-15-33(16-14-29)54-44(45,46)47/h3-16,23-24,26,32,35-36,50,53H,17-22,25,27-28H2,1-2H3,(H,48,52)/t32?,35-,36-,39-,40+,41+,42-,43-/m1/s1. The zero-order chi connectivity index (χ0) is 38.1. The van der Waals surface area contributed by atoms with Gasteiger partial charge < -0.3 is 25.2 Å². The number of carbonyl (C=O) groups is 2.